The highest BCUT2D eigenvalue weighted by Gasteiger charge is 1.93. The van der Waals surface area contributed by atoms with Gasteiger partial charge in [-0.15, -0.1) is 0 Å². The van der Waals surface area contributed by atoms with Crippen molar-refractivity contribution < 1.29 is 4.79 Å². The van der Waals surface area contributed by atoms with Crippen molar-refractivity contribution >= 4 is 6.41 Å². The van der Waals surface area contributed by atoms with Crippen LogP contribution in [0.4, 0.5) is 0 Å². The third-order valence-corrected chi connectivity index (χ3v) is 1.72. The first-order valence-corrected chi connectivity index (χ1v) is 4.10. The van der Waals surface area contributed by atoms with Gasteiger partial charge in [-0.3, -0.25) is 4.79 Å². The Hall–Kier alpha value is -1.31. The third-order valence-electron chi connectivity index (χ3n) is 1.72. The molecule has 0 unspecified atom stereocenters. The Kier molecular flexibility index (Phi) is 3.92. The van der Waals surface area contributed by atoms with Crippen molar-refractivity contribution in [3.05, 3.63) is 36.0 Å². The number of rotatable bonds is 3. The number of carbonyl (C=O) groups is 1. The summed E-state index contributed by atoms with van der Waals surface area (Å²) < 4.78 is 0. The zero-order chi connectivity index (χ0) is 8.65. The summed E-state index contributed by atoms with van der Waals surface area (Å²) in [4.78, 5) is 10.0. The van der Waals surface area contributed by atoms with Crippen LogP contribution in [-0.4, -0.2) is 13.0 Å². The molecule has 0 heterocycles. The highest BCUT2D eigenvalue weighted by atomic mass is 16.1. The predicted octanol–water partition coefficient (Wildman–Crippen LogP) is 1.56. The normalized spacial score (nSPS) is 23.2. The van der Waals surface area contributed by atoms with E-state index in [1.54, 1.807) is 0 Å². The summed E-state index contributed by atoms with van der Waals surface area (Å²) in [6.07, 6.45) is 13.0. The Bertz CT molecular complexity index is 226. The average Bonchev–Trinajstić information content (AvgIpc) is 2.02. The van der Waals surface area contributed by atoms with E-state index in [1.165, 1.54) is 5.57 Å². The van der Waals surface area contributed by atoms with E-state index in [2.05, 4.69) is 23.5 Å². The van der Waals surface area contributed by atoms with Gasteiger partial charge in [0.25, 0.3) is 0 Å². The monoisotopic (exact) mass is 163 g/mol. The second kappa shape index (κ2) is 5.35. The molecule has 0 aliphatic heterocycles. The zero-order valence-electron chi connectivity index (χ0n) is 6.99. The van der Waals surface area contributed by atoms with Crippen molar-refractivity contribution in [2.75, 3.05) is 6.54 Å². The molecule has 1 N–H and O–H groups in total. The van der Waals surface area contributed by atoms with Crippen molar-refractivity contribution in [1.29, 1.82) is 0 Å². The zero-order valence-corrected chi connectivity index (χ0v) is 6.99. The summed E-state index contributed by atoms with van der Waals surface area (Å²) in [6, 6.07) is 0. The lowest BCUT2D eigenvalue weighted by Gasteiger charge is -2.03. The van der Waals surface area contributed by atoms with Crippen LogP contribution in [0.2, 0.25) is 0 Å². The maximum absolute atomic E-state index is 10.0. The SMILES string of the molecule is O=CNC/C1=C/CC=C/C=C\C1. The molecular weight excluding hydrogens is 150 g/mol. The molecule has 12 heavy (non-hydrogen) atoms. The van der Waals surface area contributed by atoms with Gasteiger partial charge in [0.05, 0.1) is 0 Å². The number of allylic oxidation sites excluding steroid dienone is 5. The van der Waals surface area contributed by atoms with E-state index in [-0.39, 0.29) is 0 Å². The van der Waals surface area contributed by atoms with Gasteiger partial charge in [0.2, 0.25) is 6.41 Å². The lowest BCUT2D eigenvalue weighted by Crippen LogP contribution is -2.14. The van der Waals surface area contributed by atoms with Gasteiger partial charge in [-0.05, 0) is 12.8 Å². The van der Waals surface area contributed by atoms with Crippen molar-refractivity contribution in [1.82, 2.24) is 5.32 Å². The van der Waals surface area contributed by atoms with Gasteiger partial charge < -0.3 is 5.32 Å². The fourth-order valence-corrected chi connectivity index (χ4v) is 1.09. The summed E-state index contributed by atoms with van der Waals surface area (Å²) >= 11 is 0. The van der Waals surface area contributed by atoms with Gasteiger partial charge in [0.1, 0.15) is 0 Å². The van der Waals surface area contributed by atoms with Crippen molar-refractivity contribution in [3.8, 4) is 0 Å². The van der Waals surface area contributed by atoms with Gasteiger partial charge in [-0.25, -0.2) is 0 Å². The van der Waals surface area contributed by atoms with E-state index in [9.17, 15) is 4.79 Å². The van der Waals surface area contributed by atoms with Crippen LogP contribution < -0.4 is 5.32 Å². The summed E-state index contributed by atoms with van der Waals surface area (Å²) in [5.74, 6) is 0. The average molecular weight is 163 g/mol. The van der Waals surface area contributed by atoms with Gasteiger partial charge in [-0.2, -0.15) is 0 Å². The van der Waals surface area contributed by atoms with Gasteiger partial charge >= 0.3 is 0 Å². The molecule has 0 fully saturated rings. The molecule has 0 saturated heterocycles. The summed E-state index contributed by atoms with van der Waals surface area (Å²) in [5, 5.41) is 2.66. The first-order chi connectivity index (χ1) is 5.93. The number of hydrogen-bond donors (Lipinski definition) is 1. The molecule has 1 rings (SSSR count). The molecule has 2 nitrogen and oxygen atoms in total. The second-order valence-corrected chi connectivity index (χ2v) is 2.66. The lowest BCUT2D eigenvalue weighted by atomic mass is 10.1. The Labute approximate surface area is 72.7 Å². The molecule has 0 aromatic carbocycles. The molecule has 0 saturated carbocycles. The van der Waals surface area contributed by atoms with Crippen LogP contribution in [0.5, 0.6) is 0 Å². The summed E-state index contributed by atoms with van der Waals surface area (Å²) in [5.41, 5.74) is 1.27. The van der Waals surface area contributed by atoms with E-state index < -0.39 is 0 Å². The van der Waals surface area contributed by atoms with E-state index >= 15 is 0 Å². The number of nitrogens with one attached hydrogen (secondary N) is 1. The maximum Gasteiger partial charge on any atom is 0.207 e. The fourth-order valence-electron chi connectivity index (χ4n) is 1.09. The molecule has 0 spiro atoms. The molecule has 1 amide bonds. The molecule has 1 aliphatic carbocycles. The summed E-state index contributed by atoms with van der Waals surface area (Å²) in [6.45, 7) is 0.668. The molecule has 1 aliphatic rings. The van der Waals surface area contributed by atoms with E-state index in [4.69, 9.17) is 0 Å². The minimum absolute atomic E-state index is 0.668. The van der Waals surface area contributed by atoms with E-state index in [1.807, 2.05) is 12.2 Å². The van der Waals surface area contributed by atoms with Crippen LogP contribution in [-0.2, 0) is 4.79 Å². The third kappa shape index (κ3) is 3.19. The van der Waals surface area contributed by atoms with Crippen LogP contribution in [0.25, 0.3) is 0 Å². The van der Waals surface area contributed by atoms with E-state index in [0.29, 0.717) is 6.54 Å². The Balaban J connectivity index is 2.45. The van der Waals surface area contributed by atoms with Gasteiger partial charge in [-0.1, -0.05) is 36.0 Å². The molecular formula is C10H13NO. The molecule has 0 aromatic rings. The Morgan fingerprint density at radius 1 is 1.42 bits per heavy atom. The number of carbonyl (C=O) groups excluding carboxylic acids is 1. The van der Waals surface area contributed by atoms with Crippen molar-refractivity contribution in [3.63, 3.8) is 0 Å². The van der Waals surface area contributed by atoms with Gasteiger partial charge in [0.15, 0.2) is 0 Å². The van der Waals surface area contributed by atoms with E-state index in [0.717, 1.165) is 19.3 Å². The first-order valence-electron chi connectivity index (χ1n) is 4.10. The van der Waals surface area contributed by atoms with Crippen LogP contribution in [0.3, 0.4) is 0 Å². The van der Waals surface area contributed by atoms with Crippen LogP contribution in [0.15, 0.2) is 36.0 Å². The quantitative estimate of drug-likeness (QED) is 0.496. The fraction of sp³-hybridized carbons (Fsp3) is 0.300. The van der Waals surface area contributed by atoms with Crippen molar-refractivity contribution in [2.45, 2.75) is 12.8 Å². The molecule has 0 aromatic heterocycles. The minimum Gasteiger partial charge on any atom is -0.355 e. The maximum atomic E-state index is 10.0. The smallest absolute Gasteiger partial charge is 0.207 e. The molecule has 2 heteroatoms. The van der Waals surface area contributed by atoms with Crippen LogP contribution >= 0.6 is 0 Å². The Morgan fingerprint density at radius 2 is 2.25 bits per heavy atom. The molecule has 0 radical (unpaired) electrons. The topological polar surface area (TPSA) is 29.1 Å². The molecule has 0 bridgehead atoms. The van der Waals surface area contributed by atoms with Gasteiger partial charge in [0, 0.05) is 6.54 Å². The van der Waals surface area contributed by atoms with Crippen molar-refractivity contribution in [2.24, 2.45) is 0 Å². The Morgan fingerprint density at radius 3 is 3.08 bits per heavy atom. The summed E-state index contributed by atoms with van der Waals surface area (Å²) in [7, 11) is 0. The molecule has 64 valence electrons. The highest BCUT2D eigenvalue weighted by Crippen LogP contribution is 2.06. The number of hydrogen-bond acceptors (Lipinski definition) is 1. The lowest BCUT2D eigenvalue weighted by molar-refractivity contribution is -0.109. The first kappa shape index (κ1) is 8.78. The van der Waals surface area contributed by atoms with Crippen LogP contribution in [0.1, 0.15) is 12.8 Å². The number of amides is 1. The predicted molar refractivity (Wildman–Crippen MR) is 49.7 cm³/mol. The second-order valence-electron chi connectivity index (χ2n) is 2.66. The standard InChI is InChI=1S/C10H13NO/c12-9-11-8-10-6-4-2-1-3-5-7-10/h1-4,7,9H,5-6,8H2,(H,11,12)/b3-1?,4-2-,10-7+. The molecule has 0 atom stereocenters. The minimum atomic E-state index is 0.668. The highest BCUT2D eigenvalue weighted by molar-refractivity contribution is 5.46. The largest absolute Gasteiger partial charge is 0.355 e. The van der Waals surface area contributed by atoms with Crippen LogP contribution in [0, 0.1) is 0 Å².